The smallest absolute Gasteiger partial charge is 0.279 e. The van der Waals surface area contributed by atoms with Crippen molar-refractivity contribution in [3.8, 4) is 6.07 Å². The number of rotatable bonds is 3. The third-order valence-electron chi connectivity index (χ3n) is 3.69. The van der Waals surface area contributed by atoms with Gasteiger partial charge in [-0.25, -0.2) is 0 Å². The van der Waals surface area contributed by atoms with Crippen LogP contribution in [0.1, 0.15) is 25.3 Å². The van der Waals surface area contributed by atoms with E-state index in [1.165, 1.54) is 17.7 Å². The van der Waals surface area contributed by atoms with E-state index in [-0.39, 0.29) is 5.91 Å². The maximum atomic E-state index is 11.9. The van der Waals surface area contributed by atoms with Crippen LogP contribution in [0.4, 0.5) is 5.69 Å². The van der Waals surface area contributed by atoms with Crippen molar-refractivity contribution in [1.29, 1.82) is 5.26 Å². The van der Waals surface area contributed by atoms with Crippen molar-refractivity contribution in [2.45, 2.75) is 19.8 Å². The van der Waals surface area contributed by atoms with Gasteiger partial charge in [-0.1, -0.05) is 6.92 Å². The highest BCUT2D eigenvalue weighted by Gasteiger charge is 2.21. The molecule has 0 unspecified atom stereocenters. The molecular weight excluding hydrogens is 238 g/mol. The Labute approximate surface area is 114 Å². The molecule has 0 radical (unpaired) electrons. The number of carbonyl (C=O) groups excluding carboxylic acids is 1. The molecule has 100 valence electrons. The normalized spacial score (nSPS) is 22.5. The number of hydrogen-bond acceptors (Lipinski definition) is 2. The second-order valence-corrected chi connectivity index (χ2v) is 5.35. The maximum Gasteiger partial charge on any atom is 0.279 e. The van der Waals surface area contributed by atoms with Gasteiger partial charge in [0.2, 0.25) is 0 Å². The van der Waals surface area contributed by atoms with Crippen LogP contribution in [0.25, 0.3) is 0 Å². The lowest BCUT2D eigenvalue weighted by Crippen LogP contribution is -3.14. The van der Waals surface area contributed by atoms with E-state index in [4.69, 9.17) is 5.26 Å². The molecule has 1 heterocycles. The Bertz CT molecular complexity index is 467. The number of nitriles is 1. The topological polar surface area (TPSA) is 57.3 Å². The predicted octanol–water partition coefficient (Wildman–Crippen LogP) is 0.812. The van der Waals surface area contributed by atoms with Crippen molar-refractivity contribution in [2.24, 2.45) is 5.92 Å². The molecule has 1 aliphatic heterocycles. The number of anilines is 1. The van der Waals surface area contributed by atoms with Crippen LogP contribution >= 0.6 is 0 Å². The Morgan fingerprint density at radius 3 is 2.58 bits per heavy atom. The molecule has 4 heteroatoms. The number of nitrogens with zero attached hydrogens (tertiary/aromatic N) is 1. The highest BCUT2D eigenvalue weighted by Crippen LogP contribution is 2.09. The molecule has 1 aromatic rings. The summed E-state index contributed by atoms with van der Waals surface area (Å²) in [4.78, 5) is 13.3. The zero-order valence-electron chi connectivity index (χ0n) is 11.3. The van der Waals surface area contributed by atoms with Crippen LogP contribution in [0, 0.1) is 17.2 Å². The van der Waals surface area contributed by atoms with Gasteiger partial charge in [0.25, 0.3) is 5.91 Å². The van der Waals surface area contributed by atoms with Crippen LogP contribution in [0.15, 0.2) is 24.3 Å². The van der Waals surface area contributed by atoms with Gasteiger partial charge in [-0.2, -0.15) is 5.26 Å². The number of hydrogen-bond donors (Lipinski definition) is 2. The zero-order valence-corrected chi connectivity index (χ0v) is 11.3. The van der Waals surface area contributed by atoms with Crippen LogP contribution < -0.4 is 10.2 Å². The largest absolute Gasteiger partial charge is 0.327 e. The summed E-state index contributed by atoms with van der Waals surface area (Å²) in [6, 6.07) is 9.02. The number of piperidine rings is 1. The zero-order chi connectivity index (χ0) is 13.7. The van der Waals surface area contributed by atoms with Gasteiger partial charge in [-0.05, 0) is 43.0 Å². The second-order valence-electron chi connectivity index (χ2n) is 5.35. The summed E-state index contributed by atoms with van der Waals surface area (Å²) < 4.78 is 0. The van der Waals surface area contributed by atoms with Gasteiger partial charge in [0, 0.05) is 5.69 Å². The first-order valence-corrected chi connectivity index (χ1v) is 6.81. The van der Waals surface area contributed by atoms with Gasteiger partial charge >= 0.3 is 0 Å². The fourth-order valence-electron chi connectivity index (χ4n) is 2.41. The van der Waals surface area contributed by atoms with Crippen molar-refractivity contribution in [2.75, 3.05) is 25.0 Å². The van der Waals surface area contributed by atoms with Crippen molar-refractivity contribution >= 4 is 11.6 Å². The number of likely N-dealkylation sites (tertiary alicyclic amines) is 1. The van der Waals surface area contributed by atoms with Crippen molar-refractivity contribution in [3.05, 3.63) is 29.8 Å². The van der Waals surface area contributed by atoms with E-state index in [1.807, 2.05) is 0 Å². The molecule has 4 nitrogen and oxygen atoms in total. The lowest BCUT2D eigenvalue weighted by molar-refractivity contribution is -0.897. The van der Waals surface area contributed by atoms with E-state index in [2.05, 4.69) is 18.3 Å². The molecule has 2 rings (SSSR count). The number of benzene rings is 1. The molecule has 0 aromatic heterocycles. The molecule has 0 saturated carbocycles. The van der Waals surface area contributed by atoms with Crippen LogP contribution in [-0.4, -0.2) is 25.5 Å². The van der Waals surface area contributed by atoms with Crippen LogP contribution in [0.5, 0.6) is 0 Å². The molecule has 1 fully saturated rings. The predicted molar refractivity (Wildman–Crippen MR) is 73.7 cm³/mol. The van der Waals surface area contributed by atoms with Crippen molar-refractivity contribution in [1.82, 2.24) is 0 Å². The summed E-state index contributed by atoms with van der Waals surface area (Å²) >= 11 is 0. The minimum Gasteiger partial charge on any atom is -0.327 e. The quantitative estimate of drug-likeness (QED) is 0.843. The van der Waals surface area contributed by atoms with Gasteiger partial charge in [0.05, 0.1) is 24.7 Å². The number of carbonyl (C=O) groups is 1. The number of quaternary nitrogens is 1. The molecule has 1 saturated heterocycles. The Morgan fingerprint density at radius 2 is 2.00 bits per heavy atom. The molecule has 0 spiro atoms. The molecular formula is C15H20N3O+. The first-order chi connectivity index (χ1) is 9.17. The SMILES string of the molecule is CC1CC[NH+](CC(=O)Nc2ccc(C#N)cc2)CC1. The van der Waals surface area contributed by atoms with E-state index in [1.54, 1.807) is 24.3 Å². The summed E-state index contributed by atoms with van der Waals surface area (Å²) in [6.45, 7) is 4.98. The Hall–Kier alpha value is -1.86. The van der Waals surface area contributed by atoms with Gasteiger partial charge in [0.1, 0.15) is 0 Å². The molecule has 2 N–H and O–H groups in total. The maximum absolute atomic E-state index is 11.9. The molecule has 0 aliphatic carbocycles. The van der Waals surface area contributed by atoms with E-state index in [0.29, 0.717) is 12.1 Å². The number of nitrogens with one attached hydrogen (secondary N) is 2. The van der Waals surface area contributed by atoms with Gasteiger partial charge in [-0.3, -0.25) is 4.79 Å². The van der Waals surface area contributed by atoms with Crippen LogP contribution in [-0.2, 0) is 4.79 Å². The summed E-state index contributed by atoms with van der Waals surface area (Å²) in [5.41, 5.74) is 1.36. The molecule has 1 aliphatic rings. The number of amides is 1. The fourth-order valence-corrected chi connectivity index (χ4v) is 2.41. The molecule has 1 amide bonds. The summed E-state index contributed by atoms with van der Waals surface area (Å²) in [7, 11) is 0. The minimum absolute atomic E-state index is 0.0502. The minimum atomic E-state index is 0.0502. The second kappa shape index (κ2) is 6.35. The van der Waals surface area contributed by atoms with Crippen molar-refractivity contribution in [3.63, 3.8) is 0 Å². The van der Waals surface area contributed by atoms with E-state index in [9.17, 15) is 4.79 Å². The van der Waals surface area contributed by atoms with E-state index >= 15 is 0 Å². The average molecular weight is 258 g/mol. The molecule has 0 atom stereocenters. The van der Waals surface area contributed by atoms with Gasteiger partial charge in [0.15, 0.2) is 6.54 Å². The Morgan fingerprint density at radius 1 is 1.37 bits per heavy atom. The Kier molecular flexibility index (Phi) is 4.53. The standard InChI is InChI=1S/C15H19N3O/c1-12-6-8-18(9-7-12)11-15(19)17-14-4-2-13(10-16)3-5-14/h2-5,12H,6-9,11H2,1H3,(H,17,19)/p+1. The fraction of sp³-hybridized carbons (Fsp3) is 0.467. The third-order valence-corrected chi connectivity index (χ3v) is 3.69. The van der Waals surface area contributed by atoms with Crippen LogP contribution in [0.2, 0.25) is 0 Å². The molecule has 19 heavy (non-hydrogen) atoms. The summed E-state index contributed by atoms with van der Waals surface area (Å²) in [5.74, 6) is 0.847. The monoisotopic (exact) mass is 258 g/mol. The average Bonchev–Trinajstić information content (AvgIpc) is 2.42. The highest BCUT2D eigenvalue weighted by molar-refractivity contribution is 5.91. The van der Waals surface area contributed by atoms with E-state index < -0.39 is 0 Å². The lowest BCUT2D eigenvalue weighted by Gasteiger charge is -2.26. The molecule has 0 bridgehead atoms. The van der Waals surface area contributed by atoms with Crippen molar-refractivity contribution < 1.29 is 9.69 Å². The van der Waals surface area contributed by atoms with E-state index in [0.717, 1.165) is 24.7 Å². The summed E-state index contributed by atoms with van der Waals surface area (Å²) in [6.07, 6.45) is 2.42. The first kappa shape index (κ1) is 13.6. The highest BCUT2D eigenvalue weighted by atomic mass is 16.2. The third kappa shape index (κ3) is 4.08. The first-order valence-electron chi connectivity index (χ1n) is 6.81. The molecule has 1 aromatic carbocycles. The van der Waals surface area contributed by atoms with Gasteiger partial charge in [-0.15, -0.1) is 0 Å². The van der Waals surface area contributed by atoms with Gasteiger partial charge < -0.3 is 10.2 Å². The Balaban J connectivity index is 1.82. The lowest BCUT2D eigenvalue weighted by atomic mass is 9.99. The summed E-state index contributed by atoms with van der Waals surface area (Å²) in [5, 5.41) is 11.6. The van der Waals surface area contributed by atoms with Crippen LogP contribution in [0.3, 0.4) is 0 Å².